The number of imide groups is 2. The van der Waals surface area contributed by atoms with Crippen molar-refractivity contribution in [1.29, 1.82) is 0 Å². The van der Waals surface area contributed by atoms with Crippen molar-refractivity contribution in [3.05, 3.63) is 24.2 Å². The van der Waals surface area contributed by atoms with Gasteiger partial charge in [0.1, 0.15) is 11.2 Å². The first-order valence-electron chi connectivity index (χ1n) is 5.62. The second-order valence-electron chi connectivity index (χ2n) is 4.67. The molecule has 1 aliphatic heterocycles. The molecule has 0 bridgehead atoms. The summed E-state index contributed by atoms with van der Waals surface area (Å²) in [6.45, 7) is 3.18. The highest BCUT2D eigenvalue weighted by Crippen LogP contribution is 2.23. The maximum absolute atomic E-state index is 12.0. The predicted molar refractivity (Wildman–Crippen MR) is 61.4 cm³/mol. The maximum Gasteiger partial charge on any atom is 0.330 e. The third-order valence-electron chi connectivity index (χ3n) is 2.97. The lowest BCUT2D eigenvalue weighted by Gasteiger charge is -2.34. The monoisotopic (exact) mass is 250 g/mol. The van der Waals surface area contributed by atoms with E-state index in [1.165, 1.54) is 20.1 Å². The van der Waals surface area contributed by atoms with Crippen LogP contribution in [0.1, 0.15) is 19.6 Å². The van der Waals surface area contributed by atoms with Gasteiger partial charge in [-0.25, -0.2) is 4.79 Å². The summed E-state index contributed by atoms with van der Waals surface area (Å²) in [5.74, 6) is -0.361. The Morgan fingerprint density at radius 2 is 2.06 bits per heavy atom. The molecule has 2 rings (SSSR count). The van der Waals surface area contributed by atoms with Gasteiger partial charge in [-0.3, -0.25) is 19.8 Å². The first-order valence-corrected chi connectivity index (χ1v) is 5.62. The van der Waals surface area contributed by atoms with Crippen LogP contribution < -0.4 is 5.32 Å². The van der Waals surface area contributed by atoms with Crippen molar-refractivity contribution in [1.82, 2.24) is 10.2 Å². The minimum absolute atomic E-state index is 0.189. The minimum atomic E-state index is -1.21. The molecule has 4 amide bonds. The lowest BCUT2D eigenvalue weighted by Crippen LogP contribution is -2.62. The number of hydrogen-bond acceptors (Lipinski definition) is 4. The summed E-state index contributed by atoms with van der Waals surface area (Å²) in [6, 6.07) is 2.83. The molecule has 0 aliphatic carbocycles. The van der Waals surface area contributed by atoms with Crippen molar-refractivity contribution < 1.29 is 18.8 Å². The Morgan fingerprint density at radius 3 is 2.67 bits per heavy atom. The van der Waals surface area contributed by atoms with E-state index in [0.29, 0.717) is 12.2 Å². The van der Waals surface area contributed by atoms with Gasteiger partial charge >= 0.3 is 6.03 Å². The Kier molecular flexibility index (Phi) is 2.94. The molecule has 1 aromatic rings. The molecular weight excluding hydrogens is 236 g/mol. The fourth-order valence-electron chi connectivity index (χ4n) is 1.73. The van der Waals surface area contributed by atoms with Crippen molar-refractivity contribution in [2.24, 2.45) is 5.41 Å². The number of barbiturate groups is 1. The Labute approximate surface area is 104 Å². The maximum atomic E-state index is 12.0. The predicted octanol–water partition coefficient (Wildman–Crippen LogP) is 0.927. The van der Waals surface area contributed by atoms with Gasteiger partial charge in [0.05, 0.1) is 6.26 Å². The topological polar surface area (TPSA) is 79.6 Å². The van der Waals surface area contributed by atoms with Crippen molar-refractivity contribution in [2.75, 3.05) is 6.54 Å². The fourth-order valence-corrected chi connectivity index (χ4v) is 1.73. The average Bonchev–Trinajstić information content (AvgIpc) is 2.80. The number of hydrogen-bond donors (Lipinski definition) is 1. The van der Waals surface area contributed by atoms with E-state index < -0.39 is 23.3 Å². The lowest BCUT2D eigenvalue weighted by molar-refractivity contribution is -0.148. The number of rotatable bonds is 3. The SMILES string of the molecule is CC1(C)C(=O)NC(=O)N(CCc2ccco2)C1=O. The molecule has 0 aromatic carbocycles. The number of amides is 4. The number of nitrogens with one attached hydrogen (secondary N) is 1. The summed E-state index contributed by atoms with van der Waals surface area (Å²) in [5, 5.41) is 2.18. The standard InChI is InChI=1S/C12H14N2O4/c1-12(2)9(15)13-11(17)14(10(12)16)6-5-8-4-3-7-18-8/h3-4,7H,5-6H2,1-2H3,(H,13,15,17). The third kappa shape index (κ3) is 2.01. The molecule has 0 spiro atoms. The molecule has 1 saturated heterocycles. The molecular formula is C12H14N2O4. The fraction of sp³-hybridized carbons (Fsp3) is 0.417. The van der Waals surface area contributed by atoms with E-state index in [1.807, 2.05) is 0 Å². The Bertz CT molecular complexity index is 490. The zero-order chi connectivity index (χ0) is 13.3. The lowest BCUT2D eigenvalue weighted by atomic mass is 9.89. The molecule has 2 heterocycles. The van der Waals surface area contributed by atoms with Gasteiger partial charge in [-0.05, 0) is 26.0 Å². The molecule has 6 nitrogen and oxygen atoms in total. The molecule has 0 atom stereocenters. The summed E-state index contributed by atoms with van der Waals surface area (Å²) in [7, 11) is 0. The van der Waals surface area contributed by atoms with Crippen LogP contribution in [0, 0.1) is 5.41 Å². The average molecular weight is 250 g/mol. The summed E-state index contributed by atoms with van der Waals surface area (Å²) >= 11 is 0. The van der Waals surface area contributed by atoms with E-state index in [2.05, 4.69) is 5.32 Å². The van der Waals surface area contributed by atoms with Crippen molar-refractivity contribution >= 4 is 17.8 Å². The van der Waals surface area contributed by atoms with E-state index in [1.54, 1.807) is 12.1 Å². The van der Waals surface area contributed by atoms with Crippen molar-refractivity contribution in [2.45, 2.75) is 20.3 Å². The number of nitrogens with zero attached hydrogens (tertiary/aromatic N) is 1. The highest BCUT2D eigenvalue weighted by atomic mass is 16.3. The molecule has 0 saturated carbocycles. The number of urea groups is 1. The largest absolute Gasteiger partial charge is 0.469 e. The Hall–Kier alpha value is -2.11. The molecule has 96 valence electrons. The number of furan rings is 1. The van der Waals surface area contributed by atoms with Crippen LogP contribution in [0.15, 0.2) is 22.8 Å². The highest BCUT2D eigenvalue weighted by molar-refractivity contribution is 6.18. The van der Waals surface area contributed by atoms with E-state index in [4.69, 9.17) is 4.42 Å². The van der Waals surface area contributed by atoms with Gasteiger partial charge in [-0.2, -0.15) is 0 Å². The van der Waals surface area contributed by atoms with E-state index >= 15 is 0 Å². The van der Waals surface area contributed by atoms with Crippen LogP contribution in [-0.4, -0.2) is 29.3 Å². The van der Waals surface area contributed by atoms with Crippen LogP contribution in [0.25, 0.3) is 0 Å². The smallest absolute Gasteiger partial charge is 0.330 e. The van der Waals surface area contributed by atoms with Gasteiger partial charge in [0.2, 0.25) is 11.8 Å². The summed E-state index contributed by atoms with van der Waals surface area (Å²) in [6.07, 6.45) is 1.96. The molecule has 1 fully saturated rings. The van der Waals surface area contributed by atoms with Gasteiger partial charge in [0, 0.05) is 13.0 Å². The van der Waals surface area contributed by atoms with Crippen molar-refractivity contribution in [3.63, 3.8) is 0 Å². The van der Waals surface area contributed by atoms with Crippen LogP contribution >= 0.6 is 0 Å². The molecule has 6 heteroatoms. The third-order valence-corrected chi connectivity index (χ3v) is 2.97. The minimum Gasteiger partial charge on any atom is -0.469 e. The van der Waals surface area contributed by atoms with Gasteiger partial charge in [0.25, 0.3) is 0 Å². The first-order chi connectivity index (χ1) is 8.43. The molecule has 1 aliphatic rings. The Balaban J connectivity index is 2.09. The molecule has 1 aromatic heterocycles. The van der Waals surface area contributed by atoms with Crippen LogP contribution in [0.4, 0.5) is 4.79 Å². The second-order valence-corrected chi connectivity index (χ2v) is 4.67. The molecule has 0 radical (unpaired) electrons. The van der Waals surface area contributed by atoms with Crippen LogP contribution in [-0.2, 0) is 16.0 Å². The summed E-state index contributed by atoms with van der Waals surface area (Å²) in [5.41, 5.74) is -1.21. The molecule has 0 unspecified atom stereocenters. The molecule has 1 N–H and O–H groups in total. The summed E-state index contributed by atoms with van der Waals surface area (Å²) < 4.78 is 5.13. The Morgan fingerprint density at radius 1 is 1.33 bits per heavy atom. The van der Waals surface area contributed by atoms with Gasteiger partial charge in [0.15, 0.2) is 0 Å². The zero-order valence-electron chi connectivity index (χ0n) is 10.2. The van der Waals surface area contributed by atoms with Crippen LogP contribution in [0.3, 0.4) is 0 Å². The second kappa shape index (κ2) is 4.29. The summed E-state index contributed by atoms with van der Waals surface area (Å²) in [4.78, 5) is 36.2. The van der Waals surface area contributed by atoms with E-state index in [9.17, 15) is 14.4 Å². The molecule has 18 heavy (non-hydrogen) atoms. The van der Waals surface area contributed by atoms with Gasteiger partial charge in [-0.1, -0.05) is 0 Å². The normalized spacial score (nSPS) is 19.0. The van der Waals surface area contributed by atoms with Crippen LogP contribution in [0.2, 0.25) is 0 Å². The number of carbonyl (C=O) groups is 3. The van der Waals surface area contributed by atoms with Crippen LogP contribution in [0.5, 0.6) is 0 Å². The van der Waals surface area contributed by atoms with Crippen molar-refractivity contribution in [3.8, 4) is 0 Å². The van der Waals surface area contributed by atoms with Gasteiger partial charge in [-0.15, -0.1) is 0 Å². The first kappa shape index (κ1) is 12.3. The highest BCUT2D eigenvalue weighted by Gasteiger charge is 2.46. The van der Waals surface area contributed by atoms with Gasteiger partial charge < -0.3 is 4.42 Å². The van der Waals surface area contributed by atoms with E-state index in [0.717, 1.165) is 4.90 Å². The quantitative estimate of drug-likeness (QED) is 0.809. The van der Waals surface area contributed by atoms with E-state index in [-0.39, 0.29) is 6.54 Å². The zero-order valence-corrected chi connectivity index (χ0v) is 10.2. The number of carbonyl (C=O) groups excluding carboxylic acids is 3.